The zero-order chi connectivity index (χ0) is 27.5. The maximum absolute atomic E-state index is 13.5. The SMILES string of the molecule is CCOC(=O)C1=C(NC(=O)COc2cc(C)c(Cl)c(C)c2)Oc2ccc3ccccc3c2C1c1ccccc1. The number of ether oxygens (including phenoxy) is 3. The van der Waals surface area contributed by atoms with E-state index in [2.05, 4.69) is 5.32 Å². The minimum Gasteiger partial charge on any atom is -0.484 e. The number of hydrogen-bond acceptors (Lipinski definition) is 5. The van der Waals surface area contributed by atoms with Crippen molar-refractivity contribution in [2.24, 2.45) is 0 Å². The van der Waals surface area contributed by atoms with Gasteiger partial charge in [0.15, 0.2) is 6.61 Å². The van der Waals surface area contributed by atoms with Gasteiger partial charge in [0, 0.05) is 10.6 Å². The molecule has 0 spiro atoms. The third-order valence-corrected chi connectivity index (χ3v) is 7.22. The van der Waals surface area contributed by atoms with E-state index in [-0.39, 0.29) is 24.7 Å². The summed E-state index contributed by atoms with van der Waals surface area (Å²) < 4.78 is 17.4. The molecule has 0 aromatic heterocycles. The lowest BCUT2D eigenvalue weighted by Crippen LogP contribution is -2.36. The molecule has 1 N–H and O–H groups in total. The van der Waals surface area contributed by atoms with E-state index in [4.69, 9.17) is 25.8 Å². The van der Waals surface area contributed by atoms with E-state index in [9.17, 15) is 9.59 Å². The molecule has 198 valence electrons. The van der Waals surface area contributed by atoms with Crippen LogP contribution in [0.15, 0.2) is 90.3 Å². The molecule has 0 radical (unpaired) electrons. The quantitative estimate of drug-likeness (QED) is 0.267. The van der Waals surface area contributed by atoms with Gasteiger partial charge in [0.25, 0.3) is 5.91 Å². The van der Waals surface area contributed by atoms with Crippen LogP contribution in [0.5, 0.6) is 11.5 Å². The molecule has 0 fully saturated rings. The molecule has 0 saturated heterocycles. The normalized spacial score (nSPS) is 14.4. The van der Waals surface area contributed by atoms with Crippen LogP contribution in [0.25, 0.3) is 10.8 Å². The molecular formula is C32H28ClNO5. The Morgan fingerprint density at radius 1 is 0.949 bits per heavy atom. The maximum Gasteiger partial charge on any atom is 0.340 e. The second kappa shape index (κ2) is 11.2. The summed E-state index contributed by atoms with van der Waals surface area (Å²) in [6.45, 7) is 5.37. The summed E-state index contributed by atoms with van der Waals surface area (Å²) in [5.74, 6) is -0.471. The number of carbonyl (C=O) groups excluding carboxylic acids is 2. The largest absolute Gasteiger partial charge is 0.484 e. The summed E-state index contributed by atoms with van der Waals surface area (Å²) in [4.78, 5) is 26.5. The molecule has 7 heteroatoms. The van der Waals surface area contributed by atoms with E-state index >= 15 is 0 Å². The maximum atomic E-state index is 13.5. The van der Waals surface area contributed by atoms with E-state index in [1.807, 2.05) is 80.6 Å². The third kappa shape index (κ3) is 5.33. The van der Waals surface area contributed by atoms with E-state index in [0.717, 1.165) is 33.0 Å². The van der Waals surface area contributed by atoms with Gasteiger partial charge in [-0.1, -0.05) is 72.3 Å². The molecule has 1 aliphatic heterocycles. The van der Waals surface area contributed by atoms with Crippen molar-refractivity contribution >= 4 is 34.2 Å². The molecule has 1 atom stereocenters. The van der Waals surface area contributed by atoms with Crippen LogP contribution < -0.4 is 14.8 Å². The molecule has 6 nitrogen and oxygen atoms in total. The summed E-state index contributed by atoms with van der Waals surface area (Å²) >= 11 is 6.25. The minimum atomic E-state index is -0.565. The van der Waals surface area contributed by atoms with Gasteiger partial charge in [0.05, 0.1) is 12.5 Å². The van der Waals surface area contributed by atoms with Crippen molar-refractivity contribution in [1.82, 2.24) is 5.32 Å². The number of fused-ring (bicyclic) bond motifs is 3. The van der Waals surface area contributed by atoms with Crippen LogP contribution in [0, 0.1) is 13.8 Å². The van der Waals surface area contributed by atoms with Crippen LogP contribution in [0.2, 0.25) is 5.02 Å². The van der Waals surface area contributed by atoms with Crippen molar-refractivity contribution in [2.45, 2.75) is 26.7 Å². The van der Waals surface area contributed by atoms with Crippen molar-refractivity contribution in [3.05, 3.63) is 118 Å². The molecule has 0 bridgehead atoms. The highest BCUT2D eigenvalue weighted by atomic mass is 35.5. The van der Waals surface area contributed by atoms with E-state index < -0.39 is 17.8 Å². The highest BCUT2D eigenvalue weighted by molar-refractivity contribution is 6.32. The second-order valence-corrected chi connectivity index (χ2v) is 9.69. The fraction of sp³-hybridized carbons (Fsp3) is 0.188. The smallest absolute Gasteiger partial charge is 0.340 e. The van der Waals surface area contributed by atoms with Gasteiger partial charge in [0.2, 0.25) is 5.88 Å². The van der Waals surface area contributed by atoms with Crippen LogP contribution in [0.3, 0.4) is 0 Å². The predicted octanol–water partition coefficient (Wildman–Crippen LogP) is 6.60. The fourth-order valence-corrected chi connectivity index (χ4v) is 5.00. The number of benzene rings is 4. The molecular weight excluding hydrogens is 514 g/mol. The van der Waals surface area contributed by atoms with Gasteiger partial charge in [-0.2, -0.15) is 0 Å². The Morgan fingerprint density at radius 3 is 2.36 bits per heavy atom. The Morgan fingerprint density at radius 2 is 1.64 bits per heavy atom. The number of halogens is 1. The highest BCUT2D eigenvalue weighted by Crippen LogP contribution is 2.46. The Kier molecular flexibility index (Phi) is 7.57. The van der Waals surface area contributed by atoms with Crippen molar-refractivity contribution in [1.29, 1.82) is 0 Å². The Balaban J connectivity index is 1.55. The first-order valence-electron chi connectivity index (χ1n) is 12.7. The van der Waals surface area contributed by atoms with Gasteiger partial charge in [-0.15, -0.1) is 0 Å². The van der Waals surface area contributed by atoms with Crippen LogP contribution in [-0.2, 0) is 14.3 Å². The first kappa shape index (κ1) is 26.3. The van der Waals surface area contributed by atoms with Crippen LogP contribution in [0.1, 0.15) is 35.1 Å². The summed E-state index contributed by atoms with van der Waals surface area (Å²) in [5, 5.41) is 5.40. The average molecular weight is 542 g/mol. The molecule has 1 amide bonds. The van der Waals surface area contributed by atoms with Gasteiger partial charge in [-0.3, -0.25) is 10.1 Å². The van der Waals surface area contributed by atoms with E-state index in [1.165, 1.54) is 0 Å². The highest BCUT2D eigenvalue weighted by Gasteiger charge is 2.38. The first-order valence-corrected chi connectivity index (χ1v) is 13.1. The Bertz CT molecular complexity index is 1570. The van der Waals surface area contributed by atoms with Crippen molar-refractivity contribution < 1.29 is 23.8 Å². The summed E-state index contributed by atoms with van der Waals surface area (Å²) in [5.41, 5.74) is 3.63. The number of nitrogens with one attached hydrogen (secondary N) is 1. The number of hydrogen-bond donors (Lipinski definition) is 1. The monoisotopic (exact) mass is 541 g/mol. The topological polar surface area (TPSA) is 73.9 Å². The molecule has 5 rings (SSSR count). The number of carbonyl (C=O) groups is 2. The molecule has 4 aromatic carbocycles. The molecule has 4 aromatic rings. The molecule has 0 saturated carbocycles. The number of rotatable bonds is 7. The van der Waals surface area contributed by atoms with Gasteiger partial charge < -0.3 is 14.2 Å². The molecule has 1 heterocycles. The molecule has 39 heavy (non-hydrogen) atoms. The Hall–Kier alpha value is -4.29. The first-order chi connectivity index (χ1) is 18.9. The van der Waals surface area contributed by atoms with Crippen LogP contribution in [0.4, 0.5) is 0 Å². The van der Waals surface area contributed by atoms with Gasteiger partial charge in [-0.05, 0) is 66.4 Å². The lowest BCUT2D eigenvalue weighted by atomic mass is 9.80. The third-order valence-electron chi connectivity index (χ3n) is 6.63. The van der Waals surface area contributed by atoms with Crippen molar-refractivity contribution in [2.75, 3.05) is 13.2 Å². The van der Waals surface area contributed by atoms with E-state index in [0.29, 0.717) is 16.5 Å². The van der Waals surface area contributed by atoms with Crippen LogP contribution in [-0.4, -0.2) is 25.1 Å². The number of esters is 1. The summed E-state index contributed by atoms with van der Waals surface area (Å²) in [6, 6.07) is 25.0. The second-order valence-electron chi connectivity index (χ2n) is 9.32. The minimum absolute atomic E-state index is 0.0298. The van der Waals surface area contributed by atoms with Gasteiger partial charge in [-0.25, -0.2) is 4.79 Å². The number of aryl methyl sites for hydroxylation is 2. The fourth-order valence-electron chi connectivity index (χ4n) is 4.89. The zero-order valence-electron chi connectivity index (χ0n) is 21.9. The molecule has 0 aliphatic carbocycles. The Labute approximate surface area is 232 Å². The lowest BCUT2D eigenvalue weighted by molar-refractivity contribution is -0.139. The van der Waals surface area contributed by atoms with Crippen molar-refractivity contribution in [3.63, 3.8) is 0 Å². The summed E-state index contributed by atoms with van der Waals surface area (Å²) in [6.07, 6.45) is 0. The molecule has 1 aliphatic rings. The summed E-state index contributed by atoms with van der Waals surface area (Å²) in [7, 11) is 0. The van der Waals surface area contributed by atoms with E-state index in [1.54, 1.807) is 19.1 Å². The predicted molar refractivity (Wildman–Crippen MR) is 151 cm³/mol. The zero-order valence-corrected chi connectivity index (χ0v) is 22.7. The van der Waals surface area contributed by atoms with Crippen molar-refractivity contribution in [3.8, 4) is 11.5 Å². The molecule has 1 unspecified atom stereocenters. The van der Waals surface area contributed by atoms with Crippen LogP contribution >= 0.6 is 11.6 Å². The van der Waals surface area contributed by atoms with Gasteiger partial charge >= 0.3 is 5.97 Å². The average Bonchev–Trinajstić information content (AvgIpc) is 2.94. The standard InChI is InChI=1S/C32H28ClNO5/c1-4-37-32(36)29-27(22-11-6-5-7-12-22)28-24-13-9-8-10-21(24)14-15-25(28)39-31(29)34-26(35)18-38-23-16-19(2)30(33)20(3)17-23/h5-17,27H,4,18H2,1-3H3,(H,34,35). The van der Waals surface area contributed by atoms with Gasteiger partial charge in [0.1, 0.15) is 17.1 Å². The number of amides is 1. The lowest BCUT2D eigenvalue weighted by Gasteiger charge is -2.31.